The van der Waals surface area contributed by atoms with Crippen molar-refractivity contribution >= 4 is 18.3 Å². The van der Waals surface area contributed by atoms with Crippen molar-refractivity contribution in [2.75, 3.05) is 20.2 Å². The van der Waals surface area contributed by atoms with Gasteiger partial charge in [0.25, 0.3) is 0 Å². The van der Waals surface area contributed by atoms with Crippen LogP contribution in [0.25, 0.3) is 0 Å². The van der Waals surface area contributed by atoms with Gasteiger partial charge in [0.1, 0.15) is 12.8 Å². The second-order valence-corrected chi connectivity index (χ2v) is 3.53. The largest absolute Gasteiger partial charge is 0.453 e. The molecule has 0 radical (unpaired) electrons. The van der Waals surface area contributed by atoms with Crippen LogP contribution in [0.1, 0.15) is 26.7 Å². The molecule has 0 aromatic heterocycles. The molecule has 0 rings (SSSR count). The molecule has 0 spiro atoms. The number of amides is 2. The van der Waals surface area contributed by atoms with Gasteiger partial charge in [-0.1, -0.05) is 13.8 Å². The Kier molecular flexibility index (Phi) is 7.75. The van der Waals surface area contributed by atoms with Crippen molar-refractivity contribution in [2.24, 2.45) is 0 Å². The maximum Gasteiger partial charge on any atom is 0.407 e. The van der Waals surface area contributed by atoms with Gasteiger partial charge in [-0.25, -0.2) is 4.79 Å². The van der Waals surface area contributed by atoms with E-state index >= 15 is 0 Å². The van der Waals surface area contributed by atoms with Crippen LogP contribution in [0.5, 0.6) is 0 Å². The van der Waals surface area contributed by atoms with E-state index in [4.69, 9.17) is 0 Å². The Morgan fingerprint density at radius 3 is 2.35 bits per heavy atom. The molecule has 0 aliphatic rings. The van der Waals surface area contributed by atoms with Gasteiger partial charge in [0.2, 0.25) is 5.91 Å². The molecule has 0 aromatic carbocycles. The molecular weight excluding hydrogens is 224 g/mol. The topological polar surface area (TPSA) is 75.7 Å². The third kappa shape index (κ3) is 5.33. The van der Waals surface area contributed by atoms with Crippen molar-refractivity contribution in [3.8, 4) is 0 Å². The molecule has 17 heavy (non-hydrogen) atoms. The average molecular weight is 244 g/mol. The maximum absolute atomic E-state index is 11.8. The highest BCUT2D eigenvalue weighted by Crippen LogP contribution is 2.07. The summed E-state index contributed by atoms with van der Waals surface area (Å²) in [5.74, 6) is -0.281. The van der Waals surface area contributed by atoms with Crippen molar-refractivity contribution in [3.05, 3.63) is 0 Å². The molecule has 0 fully saturated rings. The monoisotopic (exact) mass is 244 g/mol. The van der Waals surface area contributed by atoms with Crippen LogP contribution in [0, 0.1) is 0 Å². The highest BCUT2D eigenvalue weighted by molar-refractivity contribution is 5.83. The van der Waals surface area contributed by atoms with Gasteiger partial charge >= 0.3 is 6.09 Å². The Balaban J connectivity index is 4.42. The molecule has 6 nitrogen and oxygen atoms in total. The van der Waals surface area contributed by atoms with E-state index in [1.165, 1.54) is 12.0 Å². The van der Waals surface area contributed by atoms with Crippen molar-refractivity contribution in [3.63, 3.8) is 0 Å². The zero-order valence-electron chi connectivity index (χ0n) is 10.6. The fraction of sp³-hybridized carbons (Fsp3) is 0.727. The van der Waals surface area contributed by atoms with Gasteiger partial charge in [0, 0.05) is 6.04 Å². The number of nitrogens with one attached hydrogen (secondary N) is 1. The van der Waals surface area contributed by atoms with Crippen LogP contribution in [0.4, 0.5) is 4.79 Å². The van der Waals surface area contributed by atoms with E-state index < -0.39 is 6.09 Å². The first-order chi connectivity index (χ1) is 8.10. The number of carbonyl (C=O) groups is 3. The van der Waals surface area contributed by atoms with E-state index in [9.17, 15) is 14.4 Å². The summed E-state index contributed by atoms with van der Waals surface area (Å²) in [6.07, 6.45) is 1.57. The zero-order valence-corrected chi connectivity index (χ0v) is 10.6. The predicted molar refractivity (Wildman–Crippen MR) is 62.6 cm³/mol. The molecule has 0 aromatic rings. The van der Waals surface area contributed by atoms with Gasteiger partial charge < -0.3 is 19.7 Å². The number of carbonyl (C=O) groups excluding carboxylic acids is 3. The summed E-state index contributed by atoms with van der Waals surface area (Å²) in [5.41, 5.74) is 0. The van der Waals surface area contributed by atoms with Gasteiger partial charge in [-0.2, -0.15) is 0 Å². The molecule has 0 atom stereocenters. The number of hydrogen-bond acceptors (Lipinski definition) is 4. The van der Waals surface area contributed by atoms with Gasteiger partial charge in [-0.15, -0.1) is 0 Å². The highest BCUT2D eigenvalue weighted by Gasteiger charge is 2.20. The first kappa shape index (κ1) is 15.4. The Hall–Kier alpha value is -1.59. The SMILES string of the molecule is CCC(CC)N(CC=O)C(=O)CNC(=O)OC. The van der Waals surface area contributed by atoms with Crippen molar-refractivity contribution < 1.29 is 19.1 Å². The number of aldehydes is 1. The lowest BCUT2D eigenvalue weighted by Gasteiger charge is -2.28. The van der Waals surface area contributed by atoms with Crippen molar-refractivity contribution in [1.82, 2.24) is 10.2 Å². The molecular formula is C11H20N2O4. The van der Waals surface area contributed by atoms with E-state index in [0.29, 0.717) is 6.29 Å². The highest BCUT2D eigenvalue weighted by atomic mass is 16.5. The molecule has 0 unspecified atom stereocenters. The number of alkyl carbamates (subject to hydrolysis) is 1. The van der Waals surface area contributed by atoms with E-state index in [1.54, 1.807) is 0 Å². The first-order valence-corrected chi connectivity index (χ1v) is 5.65. The lowest BCUT2D eigenvalue weighted by molar-refractivity contribution is -0.134. The standard InChI is InChI=1S/C11H20N2O4/c1-4-9(5-2)13(6-7-14)10(15)8-12-11(16)17-3/h7,9H,4-6,8H2,1-3H3,(H,12,16). The lowest BCUT2D eigenvalue weighted by atomic mass is 10.1. The van der Waals surface area contributed by atoms with E-state index in [0.717, 1.165) is 12.8 Å². The summed E-state index contributed by atoms with van der Waals surface area (Å²) < 4.78 is 4.36. The van der Waals surface area contributed by atoms with Crippen LogP contribution < -0.4 is 5.32 Å². The van der Waals surface area contributed by atoms with Crippen LogP contribution in [-0.4, -0.2) is 49.4 Å². The molecule has 0 aliphatic heterocycles. The summed E-state index contributed by atoms with van der Waals surface area (Å²) in [7, 11) is 1.23. The average Bonchev–Trinajstić information content (AvgIpc) is 2.35. The van der Waals surface area contributed by atoms with Crippen molar-refractivity contribution in [1.29, 1.82) is 0 Å². The normalized spacial score (nSPS) is 9.88. The Labute approximate surface area is 101 Å². The Morgan fingerprint density at radius 2 is 1.94 bits per heavy atom. The minimum absolute atomic E-state index is 0.0205. The van der Waals surface area contributed by atoms with Crippen LogP contribution in [0.2, 0.25) is 0 Å². The smallest absolute Gasteiger partial charge is 0.407 e. The number of hydrogen-bond donors (Lipinski definition) is 1. The zero-order chi connectivity index (χ0) is 13.3. The minimum atomic E-state index is -0.658. The number of nitrogens with zero attached hydrogens (tertiary/aromatic N) is 1. The third-order valence-electron chi connectivity index (χ3n) is 2.54. The van der Waals surface area contributed by atoms with Gasteiger partial charge in [-0.05, 0) is 12.8 Å². The number of ether oxygens (including phenoxy) is 1. The van der Waals surface area contributed by atoms with Crippen LogP contribution in [-0.2, 0) is 14.3 Å². The summed E-state index contributed by atoms with van der Waals surface area (Å²) >= 11 is 0. The third-order valence-corrected chi connectivity index (χ3v) is 2.54. The van der Waals surface area contributed by atoms with E-state index in [1.807, 2.05) is 13.8 Å². The van der Waals surface area contributed by atoms with Crippen LogP contribution in [0.3, 0.4) is 0 Å². The fourth-order valence-electron chi connectivity index (χ4n) is 1.59. The number of methoxy groups -OCH3 is 1. The second kappa shape index (κ2) is 8.55. The molecule has 1 N–H and O–H groups in total. The Morgan fingerprint density at radius 1 is 1.35 bits per heavy atom. The van der Waals surface area contributed by atoms with E-state index in [-0.39, 0.29) is 25.0 Å². The molecule has 0 bridgehead atoms. The molecule has 0 saturated heterocycles. The molecule has 0 heterocycles. The second-order valence-electron chi connectivity index (χ2n) is 3.53. The van der Waals surface area contributed by atoms with Gasteiger partial charge in [0.15, 0.2) is 0 Å². The van der Waals surface area contributed by atoms with Crippen molar-refractivity contribution in [2.45, 2.75) is 32.7 Å². The summed E-state index contributed by atoms with van der Waals surface area (Å²) in [6.45, 7) is 3.80. The maximum atomic E-state index is 11.8. The summed E-state index contributed by atoms with van der Waals surface area (Å²) in [5, 5.41) is 2.31. The summed E-state index contributed by atoms with van der Waals surface area (Å²) in [6, 6.07) is 0.0205. The van der Waals surface area contributed by atoms with Gasteiger partial charge in [0.05, 0.1) is 13.7 Å². The van der Waals surface area contributed by atoms with Crippen LogP contribution >= 0.6 is 0 Å². The van der Waals surface area contributed by atoms with Crippen LogP contribution in [0.15, 0.2) is 0 Å². The molecule has 0 aliphatic carbocycles. The fourth-order valence-corrected chi connectivity index (χ4v) is 1.59. The summed E-state index contributed by atoms with van der Waals surface area (Å²) in [4.78, 5) is 34.7. The predicted octanol–water partition coefficient (Wildman–Crippen LogP) is 0.558. The first-order valence-electron chi connectivity index (χ1n) is 5.65. The quantitative estimate of drug-likeness (QED) is 0.664. The minimum Gasteiger partial charge on any atom is -0.453 e. The molecule has 6 heteroatoms. The molecule has 2 amide bonds. The van der Waals surface area contributed by atoms with Gasteiger partial charge in [-0.3, -0.25) is 4.79 Å². The lowest BCUT2D eigenvalue weighted by Crippen LogP contribution is -2.46. The van der Waals surface area contributed by atoms with E-state index in [2.05, 4.69) is 10.1 Å². The molecule has 98 valence electrons. The Bertz CT molecular complexity index is 264. The molecule has 0 saturated carbocycles. The number of rotatable bonds is 7.